The van der Waals surface area contributed by atoms with E-state index in [0.717, 1.165) is 41.4 Å². The molecular weight excluding hydrogens is 377 g/mol. The van der Waals surface area contributed by atoms with Gasteiger partial charge >= 0.3 is 0 Å². The molecule has 1 aromatic heterocycles. The minimum Gasteiger partial charge on any atom is -0.337 e. The number of halogens is 2. The van der Waals surface area contributed by atoms with Gasteiger partial charge in [-0.05, 0) is 56.3 Å². The fourth-order valence-corrected chi connectivity index (χ4v) is 3.55. The van der Waals surface area contributed by atoms with E-state index in [1.54, 1.807) is 18.0 Å². The van der Waals surface area contributed by atoms with Crippen molar-refractivity contribution in [1.82, 2.24) is 15.2 Å². The molecule has 1 atom stereocenters. The number of carbonyl (C=O) groups is 1. The van der Waals surface area contributed by atoms with E-state index in [1.807, 2.05) is 54.4 Å². The predicted octanol–water partition coefficient (Wildman–Crippen LogP) is 3.90. The maximum absolute atomic E-state index is 12.6. The smallest absolute Gasteiger partial charge is 0.253 e. The molecule has 1 fully saturated rings. The molecule has 2 aromatic rings. The van der Waals surface area contributed by atoms with Crippen molar-refractivity contribution >= 4 is 42.5 Å². The van der Waals surface area contributed by atoms with Gasteiger partial charge in [-0.2, -0.15) is 0 Å². The van der Waals surface area contributed by atoms with E-state index in [-0.39, 0.29) is 30.7 Å². The quantitative estimate of drug-likeness (QED) is 0.846. The van der Waals surface area contributed by atoms with E-state index in [4.69, 9.17) is 0 Å². The van der Waals surface area contributed by atoms with Gasteiger partial charge in [0.1, 0.15) is 5.03 Å². The largest absolute Gasteiger partial charge is 0.337 e. The molecule has 0 bridgehead atoms. The van der Waals surface area contributed by atoms with E-state index in [9.17, 15) is 4.79 Å². The van der Waals surface area contributed by atoms with Gasteiger partial charge < -0.3 is 10.2 Å². The first-order valence-electron chi connectivity index (χ1n) is 7.92. The first kappa shape index (κ1) is 21.8. The molecule has 4 nitrogen and oxygen atoms in total. The molecule has 0 radical (unpaired) electrons. The summed E-state index contributed by atoms with van der Waals surface area (Å²) in [5.41, 5.74) is 0.757. The van der Waals surface area contributed by atoms with Crippen molar-refractivity contribution in [3.8, 4) is 0 Å². The van der Waals surface area contributed by atoms with Crippen LogP contribution in [0.4, 0.5) is 0 Å². The maximum Gasteiger partial charge on any atom is 0.253 e. The Hall–Kier alpha value is -1.27. The molecule has 2 heterocycles. The normalized spacial score (nSPS) is 16.5. The number of piperidine rings is 1. The lowest BCUT2D eigenvalue weighted by Crippen LogP contribution is -2.46. The van der Waals surface area contributed by atoms with Gasteiger partial charge in [-0.25, -0.2) is 4.98 Å². The highest BCUT2D eigenvalue weighted by molar-refractivity contribution is 7.99. The second-order valence-corrected chi connectivity index (χ2v) is 6.77. The summed E-state index contributed by atoms with van der Waals surface area (Å²) in [7, 11) is 1.96. The molecule has 7 heteroatoms. The first-order chi connectivity index (χ1) is 11.3. The van der Waals surface area contributed by atoms with Crippen molar-refractivity contribution in [2.24, 2.45) is 0 Å². The highest BCUT2D eigenvalue weighted by atomic mass is 35.5. The van der Waals surface area contributed by atoms with Crippen molar-refractivity contribution in [3.05, 3.63) is 54.2 Å². The fourth-order valence-electron chi connectivity index (χ4n) is 2.77. The summed E-state index contributed by atoms with van der Waals surface area (Å²) in [6.07, 6.45) is 3.99. The fraction of sp³-hybridized carbons (Fsp3) is 0.333. The average molecular weight is 400 g/mol. The van der Waals surface area contributed by atoms with Crippen LogP contribution >= 0.6 is 36.6 Å². The van der Waals surface area contributed by atoms with Crippen LogP contribution in [0.15, 0.2) is 58.6 Å². The van der Waals surface area contributed by atoms with E-state index in [1.165, 1.54) is 0 Å². The average Bonchev–Trinajstić information content (AvgIpc) is 2.63. The number of likely N-dealkylation sites (N-methyl/N-ethyl adjacent to an activating group) is 1. The van der Waals surface area contributed by atoms with Gasteiger partial charge in [-0.1, -0.05) is 17.8 Å². The number of likely N-dealkylation sites (tertiary alicyclic amines) is 1. The standard InChI is InChI=1S/C18H21N3OS.2ClH/c1-19-15-5-4-12-21(13-15)18(22)14-7-9-16(10-8-14)23-17-6-2-3-11-20-17;;/h2-3,6-11,15,19H,4-5,12-13H2,1H3;2*1H. The second kappa shape index (κ2) is 10.7. The Morgan fingerprint density at radius 3 is 2.60 bits per heavy atom. The Labute approximate surface area is 165 Å². The lowest BCUT2D eigenvalue weighted by atomic mass is 10.0. The molecule has 1 saturated heterocycles. The zero-order valence-corrected chi connectivity index (χ0v) is 16.5. The summed E-state index contributed by atoms with van der Waals surface area (Å²) in [5.74, 6) is 0.124. The monoisotopic (exact) mass is 399 g/mol. The Bertz CT molecular complexity index is 655. The van der Waals surface area contributed by atoms with Gasteiger partial charge in [0.05, 0.1) is 0 Å². The third-order valence-corrected chi connectivity index (χ3v) is 5.04. The molecule has 1 aliphatic rings. The van der Waals surface area contributed by atoms with Crippen molar-refractivity contribution in [2.45, 2.75) is 28.8 Å². The Morgan fingerprint density at radius 1 is 1.20 bits per heavy atom. The second-order valence-electron chi connectivity index (χ2n) is 5.67. The van der Waals surface area contributed by atoms with Gasteiger partial charge in [0.2, 0.25) is 0 Å². The molecule has 1 unspecified atom stereocenters. The highest BCUT2D eigenvalue weighted by Crippen LogP contribution is 2.26. The summed E-state index contributed by atoms with van der Waals surface area (Å²) in [4.78, 5) is 20.0. The number of hydrogen-bond donors (Lipinski definition) is 1. The van der Waals surface area contributed by atoms with E-state index in [2.05, 4.69) is 10.3 Å². The van der Waals surface area contributed by atoms with Gasteiger partial charge in [-0.15, -0.1) is 24.8 Å². The molecule has 0 aliphatic carbocycles. The van der Waals surface area contributed by atoms with Gasteiger partial charge in [-0.3, -0.25) is 4.79 Å². The van der Waals surface area contributed by atoms with Crippen LogP contribution in [-0.2, 0) is 0 Å². The molecule has 0 spiro atoms. The molecule has 25 heavy (non-hydrogen) atoms. The third-order valence-electron chi connectivity index (χ3n) is 4.08. The topological polar surface area (TPSA) is 45.2 Å². The zero-order chi connectivity index (χ0) is 16.1. The SMILES string of the molecule is CNC1CCCN(C(=O)c2ccc(Sc3ccccn3)cc2)C1.Cl.Cl. The number of aromatic nitrogens is 1. The zero-order valence-electron chi connectivity index (χ0n) is 14.1. The van der Waals surface area contributed by atoms with Crippen molar-refractivity contribution in [3.63, 3.8) is 0 Å². The molecule has 1 amide bonds. The lowest BCUT2D eigenvalue weighted by Gasteiger charge is -2.32. The van der Waals surface area contributed by atoms with Gasteiger partial charge in [0.25, 0.3) is 5.91 Å². The number of hydrogen-bond acceptors (Lipinski definition) is 4. The number of carbonyl (C=O) groups excluding carboxylic acids is 1. The molecule has 1 N–H and O–H groups in total. The molecule has 136 valence electrons. The van der Waals surface area contributed by atoms with E-state index >= 15 is 0 Å². The van der Waals surface area contributed by atoms with Crippen LogP contribution in [0.1, 0.15) is 23.2 Å². The minimum absolute atomic E-state index is 0. The van der Waals surface area contributed by atoms with Crippen LogP contribution in [0.3, 0.4) is 0 Å². The van der Waals surface area contributed by atoms with Crippen LogP contribution in [0.2, 0.25) is 0 Å². The van der Waals surface area contributed by atoms with Gasteiger partial charge in [0, 0.05) is 35.8 Å². The summed E-state index contributed by atoms with van der Waals surface area (Å²) < 4.78 is 0. The lowest BCUT2D eigenvalue weighted by molar-refractivity contribution is 0.0698. The van der Waals surface area contributed by atoms with E-state index < -0.39 is 0 Å². The first-order valence-corrected chi connectivity index (χ1v) is 8.73. The van der Waals surface area contributed by atoms with Crippen LogP contribution in [0, 0.1) is 0 Å². The van der Waals surface area contributed by atoms with Crippen LogP contribution in [0.25, 0.3) is 0 Å². The number of amides is 1. The predicted molar refractivity (Wildman–Crippen MR) is 107 cm³/mol. The highest BCUT2D eigenvalue weighted by Gasteiger charge is 2.23. The third kappa shape index (κ3) is 5.89. The number of nitrogens with zero attached hydrogens (tertiary/aromatic N) is 2. The number of pyridine rings is 1. The molecular formula is C18H23Cl2N3OS. The Morgan fingerprint density at radius 2 is 1.96 bits per heavy atom. The summed E-state index contributed by atoms with van der Waals surface area (Å²) >= 11 is 1.60. The molecule has 3 rings (SSSR count). The molecule has 0 saturated carbocycles. The van der Waals surface area contributed by atoms with Crippen LogP contribution < -0.4 is 5.32 Å². The van der Waals surface area contributed by atoms with Crippen molar-refractivity contribution in [1.29, 1.82) is 0 Å². The Kier molecular flexibility index (Phi) is 9.28. The van der Waals surface area contributed by atoms with Crippen LogP contribution in [0.5, 0.6) is 0 Å². The summed E-state index contributed by atoms with van der Waals surface area (Å²) in [6, 6.07) is 14.1. The molecule has 1 aromatic carbocycles. The van der Waals surface area contributed by atoms with Crippen molar-refractivity contribution < 1.29 is 4.79 Å². The van der Waals surface area contributed by atoms with Crippen LogP contribution in [-0.4, -0.2) is 42.0 Å². The van der Waals surface area contributed by atoms with Crippen molar-refractivity contribution in [2.75, 3.05) is 20.1 Å². The van der Waals surface area contributed by atoms with E-state index in [0.29, 0.717) is 6.04 Å². The number of rotatable bonds is 4. The Balaban J connectivity index is 0.00000156. The number of benzene rings is 1. The summed E-state index contributed by atoms with van der Waals surface area (Å²) in [5, 5.41) is 4.23. The summed E-state index contributed by atoms with van der Waals surface area (Å²) in [6.45, 7) is 1.64. The minimum atomic E-state index is 0. The molecule has 1 aliphatic heterocycles. The maximum atomic E-state index is 12.6. The van der Waals surface area contributed by atoms with Gasteiger partial charge in [0.15, 0.2) is 0 Å². The number of nitrogens with one attached hydrogen (secondary N) is 1.